The standard InChI is InChI=1S/C9H10BrN.ClH/c10-8-4-1-5-9-7(8)3-2-6-11-9;/h1,4-5,11H,2-3,6H2;1H. The molecule has 2 rings (SSSR count). The van der Waals surface area contributed by atoms with Crippen LogP contribution in [0.1, 0.15) is 12.0 Å². The van der Waals surface area contributed by atoms with Gasteiger partial charge in [-0.2, -0.15) is 0 Å². The third-order valence-corrected chi connectivity index (χ3v) is 2.78. The highest BCUT2D eigenvalue weighted by Crippen LogP contribution is 2.28. The van der Waals surface area contributed by atoms with Gasteiger partial charge in [0.1, 0.15) is 0 Å². The van der Waals surface area contributed by atoms with E-state index >= 15 is 0 Å². The molecule has 0 fully saturated rings. The Labute approximate surface area is 87.1 Å². The first-order chi connectivity index (χ1) is 5.38. The van der Waals surface area contributed by atoms with Crippen molar-refractivity contribution in [1.82, 2.24) is 0 Å². The second-order valence-corrected chi connectivity index (χ2v) is 3.65. The van der Waals surface area contributed by atoms with E-state index in [1.165, 1.54) is 28.6 Å². The molecule has 0 aliphatic carbocycles. The highest BCUT2D eigenvalue weighted by Gasteiger charge is 2.09. The summed E-state index contributed by atoms with van der Waals surface area (Å²) in [6.07, 6.45) is 2.44. The lowest BCUT2D eigenvalue weighted by atomic mass is 10.0. The van der Waals surface area contributed by atoms with E-state index in [9.17, 15) is 0 Å². The number of anilines is 1. The number of benzene rings is 1. The second kappa shape index (κ2) is 4.15. The molecule has 0 amide bonds. The minimum atomic E-state index is 0. The van der Waals surface area contributed by atoms with Crippen LogP contribution in [-0.4, -0.2) is 6.54 Å². The first-order valence-electron chi connectivity index (χ1n) is 3.89. The lowest BCUT2D eigenvalue weighted by Crippen LogP contribution is -2.11. The predicted molar refractivity (Wildman–Crippen MR) is 58.2 cm³/mol. The van der Waals surface area contributed by atoms with Crippen molar-refractivity contribution in [3.63, 3.8) is 0 Å². The number of nitrogens with one attached hydrogen (secondary N) is 1. The van der Waals surface area contributed by atoms with E-state index in [0.717, 1.165) is 6.54 Å². The van der Waals surface area contributed by atoms with Crippen LogP contribution < -0.4 is 5.32 Å². The van der Waals surface area contributed by atoms with E-state index in [1.54, 1.807) is 0 Å². The van der Waals surface area contributed by atoms with Gasteiger partial charge in [-0.3, -0.25) is 0 Å². The average molecular weight is 249 g/mol. The maximum absolute atomic E-state index is 3.54. The highest BCUT2D eigenvalue weighted by atomic mass is 79.9. The second-order valence-electron chi connectivity index (χ2n) is 2.80. The number of halogens is 2. The first kappa shape index (κ1) is 9.87. The molecular formula is C9H11BrClN. The van der Waals surface area contributed by atoms with Gasteiger partial charge in [0.25, 0.3) is 0 Å². The van der Waals surface area contributed by atoms with Gasteiger partial charge in [-0.1, -0.05) is 22.0 Å². The van der Waals surface area contributed by atoms with E-state index in [4.69, 9.17) is 0 Å². The van der Waals surface area contributed by atoms with Crippen molar-refractivity contribution in [2.45, 2.75) is 12.8 Å². The Morgan fingerprint density at radius 3 is 2.92 bits per heavy atom. The van der Waals surface area contributed by atoms with Crippen molar-refractivity contribution < 1.29 is 0 Å². The van der Waals surface area contributed by atoms with Gasteiger partial charge in [-0.25, -0.2) is 0 Å². The molecule has 0 saturated heterocycles. The summed E-state index contributed by atoms with van der Waals surface area (Å²) >= 11 is 3.54. The maximum Gasteiger partial charge on any atom is 0.0384 e. The highest BCUT2D eigenvalue weighted by molar-refractivity contribution is 9.10. The quantitative estimate of drug-likeness (QED) is 0.743. The Hall–Kier alpha value is -0.210. The Morgan fingerprint density at radius 1 is 1.33 bits per heavy atom. The summed E-state index contributed by atoms with van der Waals surface area (Å²) in [5, 5.41) is 3.37. The third kappa shape index (κ3) is 1.75. The maximum atomic E-state index is 3.54. The zero-order valence-electron chi connectivity index (χ0n) is 6.64. The van der Waals surface area contributed by atoms with Gasteiger partial charge in [0.2, 0.25) is 0 Å². The molecule has 66 valence electrons. The molecule has 1 N–H and O–H groups in total. The minimum Gasteiger partial charge on any atom is -0.385 e. The van der Waals surface area contributed by atoms with E-state index in [-0.39, 0.29) is 12.4 Å². The zero-order chi connectivity index (χ0) is 7.68. The summed E-state index contributed by atoms with van der Waals surface area (Å²) in [6, 6.07) is 6.31. The summed E-state index contributed by atoms with van der Waals surface area (Å²) in [4.78, 5) is 0. The summed E-state index contributed by atoms with van der Waals surface area (Å²) < 4.78 is 1.24. The smallest absolute Gasteiger partial charge is 0.0384 e. The molecule has 1 heterocycles. The number of rotatable bonds is 0. The fraction of sp³-hybridized carbons (Fsp3) is 0.333. The van der Waals surface area contributed by atoms with E-state index in [2.05, 4.69) is 39.4 Å². The molecule has 0 bridgehead atoms. The van der Waals surface area contributed by atoms with Crippen LogP contribution in [0, 0.1) is 0 Å². The Bertz CT molecular complexity index is 275. The molecule has 1 aliphatic rings. The van der Waals surface area contributed by atoms with Crippen molar-refractivity contribution in [3.8, 4) is 0 Å². The van der Waals surface area contributed by atoms with Crippen molar-refractivity contribution in [2.75, 3.05) is 11.9 Å². The first-order valence-corrected chi connectivity index (χ1v) is 4.68. The Balaban J connectivity index is 0.000000720. The number of hydrogen-bond acceptors (Lipinski definition) is 1. The fourth-order valence-electron chi connectivity index (χ4n) is 1.47. The van der Waals surface area contributed by atoms with Crippen LogP contribution in [-0.2, 0) is 6.42 Å². The Morgan fingerprint density at radius 2 is 2.17 bits per heavy atom. The van der Waals surface area contributed by atoms with Crippen LogP contribution in [0.25, 0.3) is 0 Å². The van der Waals surface area contributed by atoms with Crippen molar-refractivity contribution in [2.24, 2.45) is 0 Å². The van der Waals surface area contributed by atoms with Gasteiger partial charge in [-0.15, -0.1) is 12.4 Å². The van der Waals surface area contributed by atoms with Gasteiger partial charge in [0, 0.05) is 16.7 Å². The van der Waals surface area contributed by atoms with Gasteiger partial charge in [0.05, 0.1) is 0 Å². The summed E-state index contributed by atoms with van der Waals surface area (Å²) in [7, 11) is 0. The van der Waals surface area contributed by atoms with Crippen molar-refractivity contribution >= 4 is 34.0 Å². The van der Waals surface area contributed by atoms with Crippen LogP contribution in [0.3, 0.4) is 0 Å². The van der Waals surface area contributed by atoms with E-state index in [0.29, 0.717) is 0 Å². The molecule has 12 heavy (non-hydrogen) atoms. The largest absolute Gasteiger partial charge is 0.385 e. The molecule has 0 saturated carbocycles. The SMILES string of the molecule is Brc1cccc2c1CCCN2.Cl. The molecule has 1 aromatic carbocycles. The molecule has 0 spiro atoms. The molecule has 1 nitrogen and oxygen atoms in total. The topological polar surface area (TPSA) is 12.0 Å². The minimum absolute atomic E-state index is 0. The number of fused-ring (bicyclic) bond motifs is 1. The molecule has 1 aromatic rings. The zero-order valence-corrected chi connectivity index (χ0v) is 9.04. The molecule has 0 atom stereocenters. The summed E-state index contributed by atoms with van der Waals surface area (Å²) in [5.41, 5.74) is 2.73. The van der Waals surface area contributed by atoms with Crippen LogP contribution in [0.2, 0.25) is 0 Å². The van der Waals surface area contributed by atoms with Crippen LogP contribution in [0.15, 0.2) is 22.7 Å². The van der Waals surface area contributed by atoms with Crippen LogP contribution in [0.5, 0.6) is 0 Å². The third-order valence-electron chi connectivity index (χ3n) is 2.04. The molecule has 1 aliphatic heterocycles. The fourth-order valence-corrected chi connectivity index (χ4v) is 2.03. The van der Waals surface area contributed by atoms with Crippen LogP contribution in [0.4, 0.5) is 5.69 Å². The monoisotopic (exact) mass is 247 g/mol. The lowest BCUT2D eigenvalue weighted by Gasteiger charge is -2.18. The number of hydrogen-bond donors (Lipinski definition) is 1. The molecule has 0 aromatic heterocycles. The summed E-state index contributed by atoms with van der Waals surface area (Å²) in [6.45, 7) is 1.11. The van der Waals surface area contributed by atoms with E-state index in [1.807, 2.05) is 0 Å². The summed E-state index contributed by atoms with van der Waals surface area (Å²) in [5.74, 6) is 0. The van der Waals surface area contributed by atoms with Gasteiger partial charge >= 0.3 is 0 Å². The predicted octanol–water partition coefficient (Wildman–Crippen LogP) is 3.23. The molecule has 0 radical (unpaired) electrons. The lowest BCUT2D eigenvalue weighted by molar-refractivity contribution is 0.826. The van der Waals surface area contributed by atoms with E-state index < -0.39 is 0 Å². The molecule has 3 heteroatoms. The molecule has 0 unspecified atom stereocenters. The molecular weight excluding hydrogens is 237 g/mol. The van der Waals surface area contributed by atoms with Crippen molar-refractivity contribution in [1.29, 1.82) is 0 Å². The average Bonchev–Trinajstić information content (AvgIpc) is 2.06. The van der Waals surface area contributed by atoms with Gasteiger partial charge in [-0.05, 0) is 30.5 Å². The van der Waals surface area contributed by atoms with Crippen LogP contribution >= 0.6 is 28.3 Å². The van der Waals surface area contributed by atoms with Crippen molar-refractivity contribution in [3.05, 3.63) is 28.2 Å². The Kier molecular flexibility index (Phi) is 3.41. The normalized spacial score (nSPS) is 14.1. The van der Waals surface area contributed by atoms with Gasteiger partial charge in [0.15, 0.2) is 0 Å². The van der Waals surface area contributed by atoms with Gasteiger partial charge < -0.3 is 5.32 Å².